The van der Waals surface area contributed by atoms with Gasteiger partial charge in [0.2, 0.25) is 6.79 Å². The summed E-state index contributed by atoms with van der Waals surface area (Å²) in [6.07, 6.45) is 0. The molecule has 3 nitrogen and oxygen atoms in total. The SMILES string of the molecule is CC(C)C(CNCc1ccc2c(c1)OCO2)C(C)C. The first kappa shape index (κ1) is 14.2. The van der Waals surface area contributed by atoms with Gasteiger partial charge in [-0.05, 0) is 42.0 Å². The third-order valence-corrected chi connectivity index (χ3v) is 3.86. The van der Waals surface area contributed by atoms with E-state index in [1.165, 1.54) is 5.56 Å². The number of hydrogen-bond donors (Lipinski definition) is 1. The molecule has 0 aliphatic carbocycles. The highest BCUT2D eigenvalue weighted by atomic mass is 16.7. The fraction of sp³-hybridized carbons (Fsp3) is 0.625. The molecule has 0 unspecified atom stereocenters. The predicted molar refractivity (Wildman–Crippen MR) is 77.4 cm³/mol. The second kappa shape index (κ2) is 6.29. The molecule has 3 heteroatoms. The second-order valence-electron chi connectivity index (χ2n) is 5.97. The van der Waals surface area contributed by atoms with Gasteiger partial charge in [-0.2, -0.15) is 0 Å². The van der Waals surface area contributed by atoms with E-state index in [4.69, 9.17) is 9.47 Å². The Kier molecular flexibility index (Phi) is 4.70. The molecule has 106 valence electrons. The molecule has 1 aromatic carbocycles. The lowest BCUT2D eigenvalue weighted by molar-refractivity contribution is 0.174. The molecule has 1 N–H and O–H groups in total. The van der Waals surface area contributed by atoms with E-state index in [0.717, 1.165) is 24.6 Å². The highest BCUT2D eigenvalue weighted by Gasteiger charge is 2.17. The zero-order valence-corrected chi connectivity index (χ0v) is 12.4. The van der Waals surface area contributed by atoms with E-state index >= 15 is 0 Å². The summed E-state index contributed by atoms with van der Waals surface area (Å²) in [6, 6.07) is 6.15. The number of benzene rings is 1. The van der Waals surface area contributed by atoms with Crippen LogP contribution in [0.5, 0.6) is 11.5 Å². The minimum absolute atomic E-state index is 0.342. The normalized spacial score (nSPS) is 13.8. The van der Waals surface area contributed by atoms with Gasteiger partial charge >= 0.3 is 0 Å². The second-order valence-corrected chi connectivity index (χ2v) is 5.97. The van der Waals surface area contributed by atoms with Gasteiger partial charge in [0.1, 0.15) is 0 Å². The minimum atomic E-state index is 0.342. The molecule has 19 heavy (non-hydrogen) atoms. The Bertz CT molecular complexity index is 407. The van der Waals surface area contributed by atoms with Crippen molar-refractivity contribution >= 4 is 0 Å². The first-order valence-corrected chi connectivity index (χ1v) is 7.17. The van der Waals surface area contributed by atoms with Gasteiger partial charge in [0.05, 0.1) is 0 Å². The first-order valence-electron chi connectivity index (χ1n) is 7.17. The van der Waals surface area contributed by atoms with Crippen LogP contribution in [0.1, 0.15) is 33.3 Å². The number of ether oxygens (including phenoxy) is 2. The van der Waals surface area contributed by atoms with Crippen molar-refractivity contribution in [2.45, 2.75) is 34.2 Å². The van der Waals surface area contributed by atoms with Crippen LogP contribution < -0.4 is 14.8 Å². The zero-order valence-electron chi connectivity index (χ0n) is 12.4. The number of hydrogen-bond acceptors (Lipinski definition) is 3. The van der Waals surface area contributed by atoms with Crippen molar-refractivity contribution in [1.29, 1.82) is 0 Å². The maximum absolute atomic E-state index is 5.39. The van der Waals surface area contributed by atoms with Gasteiger partial charge in [-0.1, -0.05) is 33.8 Å². The van der Waals surface area contributed by atoms with Crippen LogP contribution in [0.2, 0.25) is 0 Å². The highest BCUT2D eigenvalue weighted by Crippen LogP contribution is 2.32. The van der Waals surface area contributed by atoms with Crippen LogP contribution in [0.3, 0.4) is 0 Å². The van der Waals surface area contributed by atoms with Crippen molar-refractivity contribution in [2.24, 2.45) is 17.8 Å². The lowest BCUT2D eigenvalue weighted by Gasteiger charge is -2.25. The molecule has 0 atom stereocenters. The molecule has 1 aliphatic rings. The molecule has 0 spiro atoms. The summed E-state index contributed by atoms with van der Waals surface area (Å²) in [4.78, 5) is 0. The molecule has 1 aromatic rings. The quantitative estimate of drug-likeness (QED) is 0.853. The predicted octanol–water partition coefficient (Wildman–Crippen LogP) is 3.43. The maximum Gasteiger partial charge on any atom is 0.231 e. The molecule has 0 saturated heterocycles. The number of fused-ring (bicyclic) bond motifs is 1. The summed E-state index contributed by atoms with van der Waals surface area (Å²) in [7, 11) is 0. The van der Waals surface area contributed by atoms with E-state index < -0.39 is 0 Å². The summed E-state index contributed by atoms with van der Waals surface area (Å²) in [5.41, 5.74) is 1.25. The Morgan fingerprint density at radius 1 is 1.05 bits per heavy atom. The zero-order chi connectivity index (χ0) is 13.8. The van der Waals surface area contributed by atoms with Gasteiger partial charge in [-0.15, -0.1) is 0 Å². The summed E-state index contributed by atoms with van der Waals surface area (Å²) >= 11 is 0. The third-order valence-electron chi connectivity index (χ3n) is 3.86. The number of nitrogens with one attached hydrogen (secondary N) is 1. The van der Waals surface area contributed by atoms with Crippen LogP contribution in [0.4, 0.5) is 0 Å². The highest BCUT2D eigenvalue weighted by molar-refractivity contribution is 5.44. The van der Waals surface area contributed by atoms with Crippen molar-refractivity contribution < 1.29 is 9.47 Å². The van der Waals surface area contributed by atoms with E-state index in [2.05, 4.69) is 45.1 Å². The lowest BCUT2D eigenvalue weighted by Crippen LogP contribution is -2.29. The fourth-order valence-corrected chi connectivity index (χ4v) is 2.68. The van der Waals surface area contributed by atoms with E-state index in [-0.39, 0.29) is 0 Å². The summed E-state index contributed by atoms with van der Waals surface area (Å²) in [5.74, 6) is 3.86. The Labute approximate surface area is 116 Å². The molecule has 0 radical (unpaired) electrons. The van der Waals surface area contributed by atoms with Crippen molar-refractivity contribution in [3.05, 3.63) is 23.8 Å². The summed E-state index contributed by atoms with van der Waals surface area (Å²) in [6.45, 7) is 11.5. The van der Waals surface area contributed by atoms with E-state index in [1.807, 2.05) is 6.07 Å². The van der Waals surface area contributed by atoms with Gasteiger partial charge in [-0.25, -0.2) is 0 Å². The summed E-state index contributed by atoms with van der Waals surface area (Å²) in [5, 5.41) is 3.56. The molecule has 0 saturated carbocycles. The van der Waals surface area contributed by atoms with Crippen LogP contribution >= 0.6 is 0 Å². The average molecular weight is 263 g/mol. The van der Waals surface area contributed by atoms with Gasteiger partial charge < -0.3 is 14.8 Å². The Morgan fingerprint density at radius 2 is 1.74 bits per heavy atom. The molecule has 1 aliphatic heterocycles. The molecule has 2 rings (SSSR count). The monoisotopic (exact) mass is 263 g/mol. The fourth-order valence-electron chi connectivity index (χ4n) is 2.68. The smallest absolute Gasteiger partial charge is 0.231 e. The minimum Gasteiger partial charge on any atom is -0.454 e. The van der Waals surface area contributed by atoms with Crippen molar-refractivity contribution in [2.75, 3.05) is 13.3 Å². The molecule has 1 heterocycles. The summed E-state index contributed by atoms with van der Waals surface area (Å²) < 4.78 is 10.7. The Morgan fingerprint density at radius 3 is 2.42 bits per heavy atom. The largest absolute Gasteiger partial charge is 0.454 e. The van der Waals surface area contributed by atoms with Gasteiger partial charge in [0, 0.05) is 6.54 Å². The Hall–Kier alpha value is -1.22. The Balaban J connectivity index is 1.85. The van der Waals surface area contributed by atoms with Crippen LogP contribution in [0.15, 0.2) is 18.2 Å². The molecule has 0 amide bonds. The van der Waals surface area contributed by atoms with Gasteiger partial charge in [0.15, 0.2) is 11.5 Å². The van der Waals surface area contributed by atoms with E-state index in [9.17, 15) is 0 Å². The van der Waals surface area contributed by atoms with Crippen LogP contribution in [0, 0.1) is 17.8 Å². The van der Waals surface area contributed by atoms with Gasteiger partial charge in [0.25, 0.3) is 0 Å². The van der Waals surface area contributed by atoms with E-state index in [0.29, 0.717) is 24.5 Å². The standard InChI is InChI=1S/C16H25NO2/c1-11(2)14(12(3)4)9-17-8-13-5-6-15-16(7-13)19-10-18-15/h5-7,11-12,14,17H,8-10H2,1-4H3. The van der Waals surface area contributed by atoms with Crippen molar-refractivity contribution in [3.8, 4) is 11.5 Å². The molecular weight excluding hydrogens is 238 g/mol. The van der Waals surface area contributed by atoms with Crippen molar-refractivity contribution in [1.82, 2.24) is 5.32 Å². The molecule has 0 bridgehead atoms. The topological polar surface area (TPSA) is 30.5 Å². The van der Waals surface area contributed by atoms with Gasteiger partial charge in [-0.3, -0.25) is 0 Å². The van der Waals surface area contributed by atoms with E-state index in [1.54, 1.807) is 0 Å². The van der Waals surface area contributed by atoms with Crippen LogP contribution in [-0.4, -0.2) is 13.3 Å². The lowest BCUT2D eigenvalue weighted by atomic mass is 9.85. The number of rotatable bonds is 6. The molecule has 0 fully saturated rings. The molecule has 0 aromatic heterocycles. The van der Waals surface area contributed by atoms with Crippen LogP contribution in [-0.2, 0) is 6.54 Å². The van der Waals surface area contributed by atoms with Crippen LogP contribution in [0.25, 0.3) is 0 Å². The third kappa shape index (κ3) is 3.63. The first-order chi connectivity index (χ1) is 9.08. The molecular formula is C16H25NO2. The van der Waals surface area contributed by atoms with Crippen molar-refractivity contribution in [3.63, 3.8) is 0 Å². The average Bonchev–Trinajstić information content (AvgIpc) is 2.80. The maximum atomic E-state index is 5.39.